The Labute approximate surface area is 140 Å². The second-order valence-electron chi connectivity index (χ2n) is 4.94. The lowest BCUT2D eigenvalue weighted by atomic mass is 10.1. The van der Waals surface area contributed by atoms with Crippen LogP contribution in [0, 0.1) is 0 Å². The molecule has 2 aromatic rings. The lowest BCUT2D eigenvalue weighted by molar-refractivity contribution is -0.139. The third-order valence-corrected chi connectivity index (χ3v) is 3.14. The number of Topliss-reactive ketones (excluding diaryl/α,β-unsaturated/α-hetero) is 1. The highest BCUT2D eigenvalue weighted by molar-refractivity contribution is 6.16. The molecule has 0 aliphatic heterocycles. The zero-order valence-electron chi connectivity index (χ0n) is 13.4. The third kappa shape index (κ3) is 4.64. The number of nitrogens with zero attached hydrogens (tertiary/aromatic N) is 1. The summed E-state index contributed by atoms with van der Waals surface area (Å²) in [7, 11) is 0. The van der Waals surface area contributed by atoms with E-state index >= 15 is 0 Å². The van der Waals surface area contributed by atoms with E-state index in [1.165, 1.54) is 19.2 Å². The number of carbonyl (C=O) groups is 2. The van der Waals surface area contributed by atoms with Gasteiger partial charge in [-0.2, -0.15) is 0 Å². The molecule has 0 unspecified atom stereocenters. The van der Waals surface area contributed by atoms with Crippen LogP contribution in [0.25, 0.3) is 11.3 Å². The van der Waals surface area contributed by atoms with Gasteiger partial charge in [0.05, 0.1) is 5.69 Å². The summed E-state index contributed by atoms with van der Waals surface area (Å²) in [6, 6.07) is 13.2. The van der Waals surface area contributed by atoms with Crippen LogP contribution in [-0.4, -0.2) is 23.3 Å². The minimum absolute atomic E-state index is 0.0542. The molecule has 0 fully saturated rings. The van der Waals surface area contributed by atoms with Gasteiger partial charge in [-0.1, -0.05) is 30.9 Å². The van der Waals surface area contributed by atoms with Crippen molar-refractivity contribution >= 4 is 17.4 Å². The molecule has 1 heterocycles. The molecule has 0 saturated carbocycles. The second kappa shape index (κ2) is 8.43. The van der Waals surface area contributed by atoms with Crippen molar-refractivity contribution in [2.45, 2.75) is 6.92 Å². The van der Waals surface area contributed by atoms with Gasteiger partial charge in [0.1, 0.15) is 12.2 Å². The Bertz CT molecular complexity index is 767. The van der Waals surface area contributed by atoms with Gasteiger partial charge in [0, 0.05) is 23.6 Å². The standard InChI is InChI=1S/C19H18N2O3/c1-3-11-24-19(23)17(14(2)22)13-21-16-8-6-7-15(12-16)18-9-4-5-10-20-18/h3-10,12-13,21H,1,11H2,2H3/b17-13-. The van der Waals surface area contributed by atoms with Crippen LogP contribution in [0.2, 0.25) is 0 Å². The number of pyridine rings is 1. The van der Waals surface area contributed by atoms with Gasteiger partial charge in [0.2, 0.25) is 0 Å². The first-order chi connectivity index (χ1) is 11.6. The molecule has 0 aliphatic carbocycles. The van der Waals surface area contributed by atoms with E-state index in [9.17, 15) is 9.59 Å². The average Bonchev–Trinajstić information content (AvgIpc) is 2.61. The fraction of sp³-hybridized carbons (Fsp3) is 0.105. The van der Waals surface area contributed by atoms with Gasteiger partial charge in [0.15, 0.2) is 5.78 Å². The van der Waals surface area contributed by atoms with Crippen molar-refractivity contribution in [3.8, 4) is 11.3 Å². The molecule has 0 aliphatic rings. The summed E-state index contributed by atoms with van der Waals surface area (Å²) in [5, 5.41) is 2.96. The van der Waals surface area contributed by atoms with Crippen LogP contribution in [-0.2, 0) is 14.3 Å². The van der Waals surface area contributed by atoms with Gasteiger partial charge in [0.25, 0.3) is 0 Å². The van der Waals surface area contributed by atoms with E-state index in [1.54, 1.807) is 6.20 Å². The number of aromatic nitrogens is 1. The van der Waals surface area contributed by atoms with Crippen LogP contribution < -0.4 is 5.32 Å². The summed E-state index contributed by atoms with van der Waals surface area (Å²) in [5.74, 6) is -1.06. The molecule has 0 radical (unpaired) electrons. The van der Waals surface area contributed by atoms with Crippen molar-refractivity contribution < 1.29 is 14.3 Å². The number of ether oxygens (including phenoxy) is 1. The fourth-order valence-electron chi connectivity index (χ4n) is 1.97. The van der Waals surface area contributed by atoms with Gasteiger partial charge in [-0.15, -0.1) is 0 Å². The molecular weight excluding hydrogens is 304 g/mol. The zero-order valence-corrected chi connectivity index (χ0v) is 13.4. The third-order valence-electron chi connectivity index (χ3n) is 3.14. The first-order valence-corrected chi connectivity index (χ1v) is 7.39. The topological polar surface area (TPSA) is 68.3 Å². The van der Waals surface area contributed by atoms with Crippen LogP contribution in [0.5, 0.6) is 0 Å². The number of ketones is 1. The summed E-state index contributed by atoms with van der Waals surface area (Å²) in [4.78, 5) is 27.8. The maximum atomic E-state index is 11.8. The molecule has 0 spiro atoms. The van der Waals surface area contributed by atoms with Gasteiger partial charge in [-0.3, -0.25) is 9.78 Å². The van der Waals surface area contributed by atoms with Crippen LogP contribution in [0.15, 0.2) is 73.1 Å². The van der Waals surface area contributed by atoms with Crippen molar-refractivity contribution in [1.82, 2.24) is 4.98 Å². The Morgan fingerprint density at radius 3 is 2.75 bits per heavy atom. The highest BCUT2D eigenvalue weighted by atomic mass is 16.5. The molecule has 0 saturated heterocycles. The smallest absolute Gasteiger partial charge is 0.343 e. The number of hydrogen-bond donors (Lipinski definition) is 1. The number of anilines is 1. The first-order valence-electron chi connectivity index (χ1n) is 7.39. The second-order valence-corrected chi connectivity index (χ2v) is 4.94. The Morgan fingerprint density at radius 2 is 2.08 bits per heavy atom. The lowest BCUT2D eigenvalue weighted by Gasteiger charge is -2.07. The Hall–Kier alpha value is -3.21. The first kappa shape index (κ1) is 17.1. The number of nitrogens with one attached hydrogen (secondary N) is 1. The highest BCUT2D eigenvalue weighted by Gasteiger charge is 2.15. The zero-order chi connectivity index (χ0) is 17.4. The molecular formula is C19H18N2O3. The van der Waals surface area contributed by atoms with Gasteiger partial charge >= 0.3 is 5.97 Å². The van der Waals surface area contributed by atoms with E-state index in [1.807, 2.05) is 42.5 Å². The van der Waals surface area contributed by atoms with Crippen molar-refractivity contribution in [2.24, 2.45) is 0 Å². The summed E-state index contributed by atoms with van der Waals surface area (Å²) in [5.41, 5.74) is 2.43. The SMILES string of the molecule is C=CCOC(=O)/C(=C\Nc1cccc(-c2ccccn2)c1)C(C)=O. The van der Waals surface area contributed by atoms with Crippen LogP contribution in [0.1, 0.15) is 6.92 Å². The summed E-state index contributed by atoms with van der Waals surface area (Å²) in [6.07, 6.45) is 4.52. The number of benzene rings is 1. The highest BCUT2D eigenvalue weighted by Crippen LogP contribution is 2.20. The van der Waals surface area contributed by atoms with Crippen molar-refractivity contribution in [1.29, 1.82) is 0 Å². The molecule has 0 bridgehead atoms. The number of esters is 1. The Morgan fingerprint density at radius 1 is 1.25 bits per heavy atom. The molecule has 5 nitrogen and oxygen atoms in total. The normalized spacial score (nSPS) is 10.8. The molecule has 5 heteroatoms. The number of carbonyl (C=O) groups excluding carboxylic acids is 2. The Kier molecular flexibility index (Phi) is 6.02. The van der Waals surface area contributed by atoms with E-state index in [4.69, 9.17) is 4.74 Å². The minimum Gasteiger partial charge on any atom is -0.458 e. The van der Waals surface area contributed by atoms with E-state index in [0.717, 1.165) is 16.9 Å². The molecule has 1 N–H and O–H groups in total. The molecule has 122 valence electrons. The molecule has 24 heavy (non-hydrogen) atoms. The van der Waals surface area contributed by atoms with E-state index in [-0.39, 0.29) is 18.0 Å². The van der Waals surface area contributed by atoms with Gasteiger partial charge in [-0.05, 0) is 31.2 Å². The van der Waals surface area contributed by atoms with Crippen molar-refractivity contribution in [2.75, 3.05) is 11.9 Å². The largest absolute Gasteiger partial charge is 0.458 e. The maximum absolute atomic E-state index is 11.8. The van der Waals surface area contributed by atoms with Gasteiger partial charge in [-0.25, -0.2) is 4.79 Å². The van der Waals surface area contributed by atoms with E-state index in [0.29, 0.717) is 0 Å². The van der Waals surface area contributed by atoms with Gasteiger partial charge < -0.3 is 10.1 Å². The predicted molar refractivity (Wildman–Crippen MR) is 93.2 cm³/mol. The summed E-state index contributed by atoms with van der Waals surface area (Å²) >= 11 is 0. The van der Waals surface area contributed by atoms with E-state index in [2.05, 4.69) is 16.9 Å². The number of rotatable bonds is 7. The van der Waals surface area contributed by atoms with Crippen molar-refractivity contribution in [3.05, 3.63) is 73.1 Å². The Balaban J connectivity index is 2.18. The summed E-state index contributed by atoms with van der Waals surface area (Å²) < 4.78 is 4.90. The van der Waals surface area contributed by atoms with Crippen molar-refractivity contribution in [3.63, 3.8) is 0 Å². The molecule has 0 atom stereocenters. The van der Waals surface area contributed by atoms with E-state index < -0.39 is 5.97 Å². The fourth-order valence-corrected chi connectivity index (χ4v) is 1.97. The minimum atomic E-state index is -0.684. The quantitative estimate of drug-likeness (QED) is 0.278. The predicted octanol–water partition coefficient (Wildman–Crippen LogP) is 3.36. The average molecular weight is 322 g/mol. The lowest BCUT2D eigenvalue weighted by Crippen LogP contribution is -2.15. The van der Waals surface area contributed by atoms with Crippen LogP contribution in [0.4, 0.5) is 5.69 Å². The number of hydrogen-bond acceptors (Lipinski definition) is 5. The van der Waals surface area contributed by atoms with Crippen LogP contribution >= 0.6 is 0 Å². The van der Waals surface area contributed by atoms with Crippen LogP contribution in [0.3, 0.4) is 0 Å². The molecule has 0 amide bonds. The monoisotopic (exact) mass is 322 g/mol. The molecule has 1 aromatic carbocycles. The maximum Gasteiger partial charge on any atom is 0.343 e. The molecule has 2 rings (SSSR count). The summed E-state index contributed by atoms with van der Waals surface area (Å²) in [6.45, 7) is 4.83. The molecule has 1 aromatic heterocycles.